The van der Waals surface area contributed by atoms with Gasteiger partial charge in [0.1, 0.15) is 0 Å². The first-order chi connectivity index (χ1) is 11.9. The molecule has 0 aliphatic carbocycles. The topological polar surface area (TPSA) is 70.7 Å². The van der Waals surface area contributed by atoms with Gasteiger partial charge in [-0.05, 0) is 25.3 Å². The van der Waals surface area contributed by atoms with Gasteiger partial charge in [0.05, 0.1) is 18.7 Å². The maximum Gasteiger partial charge on any atom is 0.234 e. The van der Waals surface area contributed by atoms with Crippen molar-refractivity contribution in [3.05, 3.63) is 35.4 Å². The highest BCUT2D eigenvalue weighted by Gasteiger charge is 2.37. The van der Waals surface area contributed by atoms with Crippen LogP contribution in [0.25, 0.3) is 0 Å². The van der Waals surface area contributed by atoms with Crippen LogP contribution in [0, 0.1) is 6.92 Å². The molecule has 1 fully saturated rings. The van der Waals surface area contributed by atoms with E-state index in [9.17, 15) is 9.59 Å². The number of methoxy groups -OCH3 is 1. The lowest BCUT2D eigenvalue weighted by molar-refractivity contribution is -0.124. The van der Waals surface area contributed by atoms with Crippen LogP contribution >= 0.6 is 0 Å². The van der Waals surface area contributed by atoms with Crippen LogP contribution in [0.1, 0.15) is 30.9 Å². The second kappa shape index (κ2) is 8.97. The lowest BCUT2D eigenvalue weighted by Crippen LogP contribution is -2.53. The van der Waals surface area contributed by atoms with E-state index in [0.717, 1.165) is 31.5 Å². The fraction of sp³-hybridized carbons (Fsp3) is 0.579. The predicted octanol–water partition coefficient (Wildman–Crippen LogP) is 1.18. The van der Waals surface area contributed by atoms with Gasteiger partial charge in [-0.1, -0.05) is 29.8 Å². The quantitative estimate of drug-likeness (QED) is 0.727. The van der Waals surface area contributed by atoms with Crippen molar-refractivity contribution in [3.8, 4) is 0 Å². The van der Waals surface area contributed by atoms with E-state index in [-0.39, 0.29) is 17.4 Å². The summed E-state index contributed by atoms with van der Waals surface area (Å²) in [5, 5.41) is 6.01. The minimum Gasteiger partial charge on any atom is -0.383 e. The zero-order valence-corrected chi connectivity index (χ0v) is 15.4. The largest absolute Gasteiger partial charge is 0.383 e. The number of hydrogen-bond acceptors (Lipinski definition) is 4. The maximum absolute atomic E-state index is 12.0. The fourth-order valence-electron chi connectivity index (χ4n) is 3.34. The van der Waals surface area contributed by atoms with Gasteiger partial charge in [0, 0.05) is 33.7 Å². The highest BCUT2D eigenvalue weighted by atomic mass is 16.5. The van der Waals surface area contributed by atoms with Gasteiger partial charge < -0.3 is 15.4 Å². The van der Waals surface area contributed by atoms with E-state index in [0.29, 0.717) is 19.7 Å². The van der Waals surface area contributed by atoms with E-state index in [1.807, 2.05) is 0 Å². The smallest absolute Gasteiger partial charge is 0.234 e. The van der Waals surface area contributed by atoms with E-state index in [4.69, 9.17) is 4.74 Å². The number of amides is 2. The Hall–Kier alpha value is -1.92. The summed E-state index contributed by atoms with van der Waals surface area (Å²) in [6.45, 7) is 6.59. The van der Waals surface area contributed by atoms with Gasteiger partial charge in [-0.15, -0.1) is 0 Å². The molecule has 2 amide bonds. The molecule has 2 rings (SSSR count). The van der Waals surface area contributed by atoms with Crippen molar-refractivity contribution in [3.63, 3.8) is 0 Å². The molecule has 1 heterocycles. The van der Waals surface area contributed by atoms with Gasteiger partial charge in [0.2, 0.25) is 11.8 Å². The maximum atomic E-state index is 12.0. The highest BCUT2D eigenvalue weighted by Crippen LogP contribution is 2.33. The molecule has 25 heavy (non-hydrogen) atoms. The third kappa shape index (κ3) is 5.54. The van der Waals surface area contributed by atoms with Crippen molar-refractivity contribution in [2.24, 2.45) is 0 Å². The van der Waals surface area contributed by atoms with Gasteiger partial charge in [0.15, 0.2) is 0 Å². The Morgan fingerprint density at radius 3 is 2.40 bits per heavy atom. The highest BCUT2D eigenvalue weighted by molar-refractivity contribution is 5.78. The summed E-state index contributed by atoms with van der Waals surface area (Å²) in [4.78, 5) is 25.9. The zero-order chi connectivity index (χ0) is 18.3. The number of benzene rings is 1. The van der Waals surface area contributed by atoms with E-state index < -0.39 is 0 Å². The molecule has 1 aromatic rings. The Balaban J connectivity index is 1.98. The first-order valence-corrected chi connectivity index (χ1v) is 8.79. The van der Waals surface area contributed by atoms with E-state index in [1.54, 1.807) is 14.0 Å². The number of rotatable bonds is 7. The summed E-state index contributed by atoms with van der Waals surface area (Å²) in [5.41, 5.74) is 1.99. The number of nitrogens with zero attached hydrogens (tertiary/aromatic N) is 1. The molecule has 1 aliphatic rings. The average molecular weight is 347 g/mol. The number of piperidine rings is 1. The Bertz CT molecular complexity index is 578. The van der Waals surface area contributed by atoms with Gasteiger partial charge in [-0.3, -0.25) is 14.5 Å². The SMILES string of the molecule is COCCNC(=O)CN1CCC(NC(C)=O)(c2ccc(C)cc2)CC1. The molecule has 138 valence electrons. The average Bonchev–Trinajstić information content (AvgIpc) is 2.57. The molecule has 0 bridgehead atoms. The second-order valence-corrected chi connectivity index (χ2v) is 6.75. The first-order valence-electron chi connectivity index (χ1n) is 8.79. The first kappa shape index (κ1) is 19.4. The lowest BCUT2D eigenvalue weighted by Gasteiger charge is -2.42. The van der Waals surface area contributed by atoms with Crippen molar-refractivity contribution >= 4 is 11.8 Å². The minimum atomic E-state index is -0.345. The summed E-state index contributed by atoms with van der Waals surface area (Å²) in [6.07, 6.45) is 1.59. The Kier molecular flexibility index (Phi) is 6.96. The van der Waals surface area contributed by atoms with E-state index >= 15 is 0 Å². The van der Waals surface area contributed by atoms with E-state index in [2.05, 4.69) is 46.7 Å². The minimum absolute atomic E-state index is 0.0133. The van der Waals surface area contributed by atoms with Crippen molar-refractivity contribution in [1.82, 2.24) is 15.5 Å². The van der Waals surface area contributed by atoms with Crippen LogP contribution in [0.5, 0.6) is 0 Å². The summed E-state index contributed by atoms with van der Waals surface area (Å²) in [6, 6.07) is 8.35. The number of hydrogen-bond donors (Lipinski definition) is 2. The summed E-state index contributed by atoms with van der Waals surface area (Å²) in [5.74, 6) is -0.00857. The number of carbonyl (C=O) groups excluding carboxylic acids is 2. The van der Waals surface area contributed by atoms with Crippen LogP contribution in [-0.2, 0) is 19.9 Å². The molecule has 6 nitrogen and oxygen atoms in total. The second-order valence-electron chi connectivity index (χ2n) is 6.75. The van der Waals surface area contributed by atoms with Crippen molar-refractivity contribution in [1.29, 1.82) is 0 Å². The number of nitrogens with one attached hydrogen (secondary N) is 2. The van der Waals surface area contributed by atoms with Crippen molar-refractivity contribution in [2.45, 2.75) is 32.2 Å². The third-order valence-electron chi connectivity index (χ3n) is 4.72. The molecule has 6 heteroatoms. The fourth-order valence-corrected chi connectivity index (χ4v) is 3.34. The van der Waals surface area contributed by atoms with Gasteiger partial charge in [-0.2, -0.15) is 0 Å². The standard InChI is InChI=1S/C19H29N3O3/c1-15-4-6-17(7-5-15)19(21-16(2)23)8-11-22(12-9-19)14-18(24)20-10-13-25-3/h4-7H,8-14H2,1-3H3,(H,20,24)(H,21,23). The van der Waals surface area contributed by atoms with Crippen LogP contribution in [0.2, 0.25) is 0 Å². The van der Waals surface area contributed by atoms with Crippen molar-refractivity contribution in [2.75, 3.05) is 39.9 Å². The van der Waals surface area contributed by atoms with Gasteiger partial charge >= 0.3 is 0 Å². The molecular formula is C19H29N3O3. The Morgan fingerprint density at radius 1 is 1.20 bits per heavy atom. The molecule has 0 unspecified atom stereocenters. The number of carbonyl (C=O) groups is 2. The van der Waals surface area contributed by atoms with Gasteiger partial charge in [0.25, 0.3) is 0 Å². The van der Waals surface area contributed by atoms with Crippen LogP contribution in [-0.4, -0.2) is 56.6 Å². The van der Waals surface area contributed by atoms with Crippen molar-refractivity contribution < 1.29 is 14.3 Å². The van der Waals surface area contributed by atoms with Crippen LogP contribution in [0.15, 0.2) is 24.3 Å². The van der Waals surface area contributed by atoms with Crippen LogP contribution < -0.4 is 10.6 Å². The Morgan fingerprint density at radius 2 is 1.84 bits per heavy atom. The molecule has 0 aromatic heterocycles. The third-order valence-corrected chi connectivity index (χ3v) is 4.72. The van der Waals surface area contributed by atoms with Crippen LogP contribution in [0.3, 0.4) is 0 Å². The summed E-state index contributed by atoms with van der Waals surface area (Å²) < 4.78 is 4.94. The molecule has 1 saturated heterocycles. The monoisotopic (exact) mass is 347 g/mol. The molecule has 0 saturated carbocycles. The zero-order valence-electron chi connectivity index (χ0n) is 15.4. The summed E-state index contributed by atoms with van der Waals surface area (Å²) in [7, 11) is 1.61. The molecule has 1 aliphatic heterocycles. The molecule has 0 radical (unpaired) electrons. The molecule has 1 aromatic carbocycles. The molecule has 2 N–H and O–H groups in total. The number of likely N-dealkylation sites (tertiary alicyclic amines) is 1. The lowest BCUT2D eigenvalue weighted by atomic mass is 9.80. The number of ether oxygens (including phenoxy) is 1. The van der Waals surface area contributed by atoms with E-state index in [1.165, 1.54) is 5.56 Å². The summed E-state index contributed by atoms with van der Waals surface area (Å²) >= 11 is 0. The molecular weight excluding hydrogens is 318 g/mol. The molecule has 0 spiro atoms. The Labute approximate surface area is 149 Å². The van der Waals surface area contributed by atoms with Gasteiger partial charge in [-0.25, -0.2) is 0 Å². The number of aryl methyl sites for hydroxylation is 1. The van der Waals surface area contributed by atoms with Crippen LogP contribution in [0.4, 0.5) is 0 Å². The molecule has 0 atom stereocenters. The normalized spacial score (nSPS) is 17.1. The predicted molar refractivity (Wildman–Crippen MR) is 97.2 cm³/mol.